The number of fused-ring (bicyclic) bond motifs is 12. The molecule has 9 rings (SSSR count). The lowest BCUT2D eigenvalue weighted by Gasteiger charge is -2.37. The van der Waals surface area contributed by atoms with Crippen LogP contribution in [-0.2, 0) is 37.8 Å². The maximum absolute atomic E-state index is 14.0. The van der Waals surface area contributed by atoms with Crippen molar-refractivity contribution in [3.05, 3.63) is 180 Å². The number of hydrogen-bond donors (Lipinski definition) is 0. The molecule has 0 spiro atoms. The van der Waals surface area contributed by atoms with Crippen molar-refractivity contribution in [2.24, 2.45) is 0 Å². The van der Waals surface area contributed by atoms with E-state index in [2.05, 4.69) is 94.1 Å². The summed E-state index contributed by atoms with van der Waals surface area (Å²) < 4.78 is 18.4. The summed E-state index contributed by atoms with van der Waals surface area (Å²) in [5, 5.41) is 1.85. The standard InChI is InChI=1S/C46H39N3O4/c1-47-44(50)42-38-29-48(40-23-13-11-21-36(38)40)26-25-35(52-28-27-49-30-39(43(42)45(47)51)37-22-12-14-24-41(37)49)31-53-46(32-15-5-2-6-16-32,33-17-7-3-8-18-33)34-19-9-4-10-20-34/h2-24,29-30,35H,25-28,31H2,1H3/t35-/m0/s1. The molecule has 262 valence electrons. The van der Waals surface area contributed by atoms with Crippen molar-refractivity contribution in [2.75, 3.05) is 20.3 Å². The van der Waals surface area contributed by atoms with E-state index in [0.29, 0.717) is 43.9 Å². The van der Waals surface area contributed by atoms with E-state index in [0.717, 1.165) is 49.6 Å². The van der Waals surface area contributed by atoms with Crippen LogP contribution in [0.25, 0.3) is 33.0 Å². The van der Waals surface area contributed by atoms with Gasteiger partial charge < -0.3 is 18.6 Å². The fourth-order valence-corrected chi connectivity index (χ4v) is 8.21. The lowest BCUT2D eigenvalue weighted by atomic mass is 9.80. The predicted octanol–water partition coefficient (Wildman–Crippen LogP) is 8.30. The summed E-state index contributed by atoms with van der Waals surface area (Å²) in [6, 6.07) is 47.4. The first-order valence-electron chi connectivity index (χ1n) is 18.2. The first-order chi connectivity index (χ1) is 26.0. The van der Waals surface area contributed by atoms with Gasteiger partial charge in [0.2, 0.25) is 0 Å². The van der Waals surface area contributed by atoms with Gasteiger partial charge in [-0.2, -0.15) is 0 Å². The molecule has 2 amide bonds. The molecule has 0 fully saturated rings. The number of imide groups is 1. The second kappa shape index (κ2) is 13.5. The van der Waals surface area contributed by atoms with Gasteiger partial charge in [-0.3, -0.25) is 14.5 Å². The van der Waals surface area contributed by atoms with E-state index in [1.807, 2.05) is 67.0 Å². The van der Waals surface area contributed by atoms with Crippen LogP contribution in [0.5, 0.6) is 0 Å². The van der Waals surface area contributed by atoms with Crippen LogP contribution in [0.1, 0.15) is 34.2 Å². The Morgan fingerprint density at radius 1 is 0.604 bits per heavy atom. The second-order valence-corrected chi connectivity index (χ2v) is 13.8. The Balaban J connectivity index is 1.16. The third kappa shape index (κ3) is 5.52. The van der Waals surface area contributed by atoms with Gasteiger partial charge in [-0.1, -0.05) is 127 Å². The molecule has 2 aromatic heterocycles. The van der Waals surface area contributed by atoms with Crippen molar-refractivity contribution in [1.82, 2.24) is 14.0 Å². The third-order valence-corrected chi connectivity index (χ3v) is 10.8. The highest BCUT2D eigenvalue weighted by atomic mass is 16.5. The normalized spacial score (nSPS) is 16.7. The average molecular weight is 698 g/mol. The van der Waals surface area contributed by atoms with E-state index in [-0.39, 0.29) is 17.9 Å². The summed E-state index contributed by atoms with van der Waals surface area (Å²) in [5.41, 5.74) is 6.61. The minimum Gasteiger partial charge on any atom is -0.374 e. The Kier molecular flexibility index (Phi) is 8.38. The molecule has 7 nitrogen and oxygen atoms in total. The Morgan fingerprint density at radius 2 is 1.04 bits per heavy atom. The molecule has 5 aromatic carbocycles. The molecule has 0 N–H and O–H groups in total. The van der Waals surface area contributed by atoms with Gasteiger partial charge in [0, 0.05) is 65.5 Å². The number of aromatic nitrogens is 2. The topological polar surface area (TPSA) is 65.7 Å². The van der Waals surface area contributed by atoms with E-state index in [9.17, 15) is 9.59 Å². The van der Waals surface area contributed by atoms with Crippen molar-refractivity contribution in [1.29, 1.82) is 0 Å². The molecule has 2 aliphatic heterocycles. The van der Waals surface area contributed by atoms with Crippen molar-refractivity contribution >= 4 is 44.8 Å². The zero-order chi connectivity index (χ0) is 35.9. The van der Waals surface area contributed by atoms with E-state index < -0.39 is 5.60 Å². The average Bonchev–Trinajstić information content (AvgIpc) is 3.83. The summed E-state index contributed by atoms with van der Waals surface area (Å²) >= 11 is 0. The summed E-state index contributed by atoms with van der Waals surface area (Å²) in [6.07, 6.45) is 4.43. The van der Waals surface area contributed by atoms with E-state index in [1.54, 1.807) is 7.05 Å². The van der Waals surface area contributed by atoms with Gasteiger partial charge in [-0.25, -0.2) is 0 Å². The number of likely N-dealkylation sites (N-methyl/N-ethyl adjacent to an activating group) is 1. The number of carbonyl (C=O) groups excluding carboxylic acids is 2. The molecule has 4 heterocycles. The zero-order valence-electron chi connectivity index (χ0n) is 29.5. The summed E-state index contributed by atoms with van der Waals surface area (Å²) in [7, 11) is 1.57. The highest BCUT2D eigenvalue weighted by Crippen LogP contribution is 2.43. The van der Waals surface area contributed by atoms with Crippen LogP contribution in [0.2, 0.25) is 0 Å². The second-order valence-electron chi connectivity index (χ2n) is 13.8. The first-order valence-corrected chi connectivity index (χ1v) is 18.2. The van der Waals surface area contributed by atoms with E-state index in [4.69, 9.17) is 9.47 Å². The van der Waals surface area contributed by atoms with E-state index in [1.165, 1.54) is 4.90 Å². The zero-order valence-corrected chi connectivity index (χ0v) is 29.5. The van der Waals surface area contributed by atoms with Crippen LogP contribution in [0, 0.1) is 0 Å². The van der Waals surface area contributed by atoms with Crippen LogP contribution in [0.3, 0.4) is 0 Å². The van der Waals surface area contributed by atoms with Gasteiger partial charge in [0.25, 0.3) is 11.8 Å². The molecular weight excluding hydrogens is 659 g/mol. The Labute approximate surface area is 308 Å². The molecule has 0 unspecified atom stereocenters. The third-order valence-electron chi connectivity index (χ3n) is 10.8. The molecule has 4 bridgehead atoms. The number of ether oxygens (including phenoxy) is 2. The number of para-hydroxylation sites is 2. The lowest BCUT2D eigenvalue weighted by molar-refractivity contribution is -0.134. The minimum atomic E-state index is -0.880. The lowest BCUT2D eigenvalue weighted by Crippen LogP contribution is -2.37. The summed E-state index contributed by atoms with van der Waals surface area (Å²) in [4.78, 5) is 29.1. The van der Waals surface area contributed by atoms with Gasteiger partial charge in [0.15, 0.2) is 0 Å². The van der Waals surface area contributed by atoms with Gasteiger partial charge in [-0.05, 0) is 35.2 Å². The predicted molar refractivity (Wildman–Crippen MR) is 208 cm³/mol. The molecule has 0 saturated heterocycles. The van der Waals surface area contributed by atoms with E-state index >= 15 is 0 Å². The minimum absolute atomic E-state index is 0.269. The molecule has 53 heavy (non-hydrogen) atoms. The SMILES string of the molecule is CN1C(=O)C2=C(C1=O)c1cn(c3ccccc13)CC[C@@H](COC(c1ccccc1)(c1ccccc1)c1ccccc1)OCCn1cc2c2ccccc21. The molecule has 2 aliphatic rings. The molecule has 0 aliphatic carbocycles. The van der Waals surface area contributed by atoms with Crippen LogP contribution in [0.4, 0.5) is 0 Å². The van der Waals surface area contributed by atoms with Crippen LogP contribution in [-0.4, -0.2) is 52.2 Å². The highest BCUT2D eigenvalue weighted by molar-refractivity contribution is 6.50. The van der Waals surface area contributed by atoms with Crippen LogP contribution >= 0.6 is 0 Å². The maximum Gasteiger partial charge on any atom is 0.261 e. The maximum atomic E-state index is 14.0. The first kappa shape index (κ1) is 32.9. The fraction of sp³-hybridized carbons (Fsp3) is 0.174. The molecule has 0 radical (unpaired) electrons. The van der Waals surface area contributed by atoms with Crippen molar-refractivity contribution in [3.8, 4) is 0 Å². The quantitative estimate of drug-likeness (QED) is 0.130. The van der Waals surface area contributed by atoms with Crippen LogP contribution < -0.4 is 0 Å². The summed E-state index contributed by atoms with van der Waals surface area (Å²) in [5.74, 6) is -0.575. The largest absolute Gasteiger partial charge is 0.374 e. The van der Waals surface area contributed by atoms with Gasteiger partial charge in [0.1, 0.15) is 5.60 Å². The molecule has 7 aromatic rings. The van der Waals surface area contributed by atoms with Gasteiger partial charge in [0.05, 0.1) is 30.5 Å². The molecular formula is C46H39N3O4. The number of hydrogen-bond acceptors (Lipinski definition) is 4. The molecule has 7 heteroatoms. The highest BCUT2D eigenvalue weighted by Gasteiger charge is 2.41. The van der Waals surface area contributed by atoms with Gasteiger partial charge >= 0.3 is 0 Å². The fourth-order valence-electron chi connectivity index (χ4n) is 8.21. The Bertz CT molecular complexity index is 2400. The number of benzene rings is 5. The number of nitrogens with zero attached hydrogens (tertiary/aromatic N) is 3. The van der Waals surface area contributed by atoms with Crippen molar-refractivity contribution in [2.45, 2.75) is 31.2 Å². The molecule has 0 saturated carbocycles. The number of carbonyl (C=O) groups is 2. The number of amides is 2. The Morgan fingerprint density at radius 3 is 1.53 bits per heavy atom. The monoisotopic (exact) mass is 697 g/mol. The number of rotatable bonds is 6. The van der Waals surface area contributed by atoms with Crippen LogP contribution in [0.15, 0.2) is 152 Å². The molecule has 1 atom stereocenters. The van der Waals surface area contributed by atoms with Crippen molar-refractivity contribution < 1.29 is 19.1 Å². The smallest absolute Gasteiger partial charge is 0.261 e. The van der Waals surface area contributed by atoms with Gasteiger partial charge in [-0.15, -0.1) is 0 Å². The summed E-state index contributed by atoms with van der Waals surface area (Å²) in [6.45, 7) is 1.94. The Hall–Kier alpha value is -6.02. The number of aryl methyl sites for hydroxylation is 1. The van der Waals surface area contributed by atoms with Crippen molar-refractivity contribution in [3.63, 3.8) is 0 Å².